The number of likely N-dealkylation sites (tertiary alicyclic amines) is 1. The van der Waals surface area contributed by atoms with Crippen LogP contribution in [0.3, 0.4) is 0 Å². The van der Waals surface area contributed by atoms with Crippen molar-refractivity contribution in [3.05, 3.63) is 0 Å². The fourth-order valence-corrected chi connectivity index (χ4v) is 2.06. The molecule has 1 aliphatic rings. The van der Waals surface area contributed by atoms with Gasteiger partial charge in [-0.25, -0.2) is 4.79 Å². The highest BCUT2D eigenvalue weighted by Gasteiger charge is 2.15. The lowest BCUT2D eigenvalue weighted by atomic mass is 10.2. The van der Waals surface area contributed by atoms with Crippen LogP contribution in [0.1, 0.15) is 46.0 Å². The lowest BCUT2D eigenvalue weighted by Crippen LogP contribution is -2.41. The van der Waals surface area contributed by atoms with Crippen molar-refractivity contribution in [3.8, 4) is 0 Å². The third-order valence-electron chi connectivity index (χ3n) is 2.98. The van der Waals surface area contributed by atoms with Crippen molar-refractivity contribution in [2.24, 2.45) is 0 Å². The number of hydrogen-bond donors (Lipinski definition) is 2. The fourth-order valence-electron chi connectivity index (χ4n) is 2.06. The van der Waals surface area contributed by atoms with Crippen molar-refractivity contribution in [2.75, 3.05) is 19.6 Å². The molecular formula is C13H25N3O2. The van der Waals surface area contributed by atoms with Crippen molar-refractivity contribution in [3.63, 3.8) is 0 Å². The summed E-state index contributed by atoms with van der Waals surface area (Å²) in [6, 6.07) is 0.0179. The average molecular weight is 255 g/mol. The highest BCUT2D eigenvalue weighted by atomic mass is 16.2. The molecule has 2 N–H and O–H groups in total. The number of amides is 3. The Kier molecular flexibility index (Phi) is 6.54. The third kappa shape index (κ3) is 5.89. The Morgan fingerprint density at radius 3 is 2.83 bits per heavy atom. The number of nitrogens with one attached hydrogen (secondary N) is 2. The Hall–Kier alpha value is -1.26. The molecule has 0 spiro atoms. The van der Waals surface area contributed by atoms with E-state index in [0.717, 1.165) is 38.8 Å². The van der Waals surface area contributed by atoms with Crippen LogP contribution in [0.4, 0.5) is 4.79 Å². The molecule has 0 atom stereocenters. The van der Waals surface area contributed by atoms with Gasteiger partial charge in [0.15, 0.2) is 0 Å². The van der Waals surface area contributed by atoms with Crippen molar-refractivity contribution in [2.45, 2.75) is 52.0 Å². The SMILES string of the molecule is CC(C)NC(=O)NCCCN1CCCCCC1=O. The summed E-state index contributed by atoms with van der Waals surface area (Å²) in [4.78, 5) is 25.0. The van der Waals surface area contributed by atoms with E-state index in [2.05, 4.69) is 10.6 Å². The Morgan fingerprint density at radius 1 is 1.33 bits per heavy atom. The van der Waals surface area contributed by atoms with Crippen LogP contribution in [-0.2, 0) is 4.79 Å². The molecule has 5 heteroatoms. The molecule has 1 aliphatic heterocycles. The van der Waals surface area contributed by atoms with E-state index in [1.807, 2.05) is 18.7 Å². The average Bonchev–Trinajstić information content (AvgIpc) is 2.49. The summed E-state index contributed by atoms with van der Waals surface area (Å²) in [5.74, 6) is 0.263. The van der Waals surface area contributed by atoms with Crippen molar-refractivity contribution in [1.29, 1.82) is 0 Å². The van der Waals surface area contributed by atoms with Crippen molar-refractivity contribution in [1.82, 2.24) is 15.5 Å². The Morgan fingerprint density at radius 2 is 2.11 bits per heavy atom. The van der Waals surface area contributed by atoms with Gasteiger partial charge >= 0.3 is 6.03 Å². The molecule has 1 rings (SSSR count). The predicted molar refractivity (Wildman–Crippen MR) is 71.3 cm³/mol. The monoisotopic (exact) mass is 255 g/mol. The van der Waals surface area contributed by atoms with Crippen molar-refractivity contribution < 1.29 is 9.59 Å². The van der Waals surface area contributed by atoms with Crippen LogP contribution in [0.15, 0.2) is 0 Å². The predicted octanol–water partition coefficient (Wildman–Crippen LogP) is 1.49. The van der Waals surface area contributed by atoms with Gasteiger partial charge in [-0.15, -0.1) is 0 Å². The quantitative estimate of drug-likeness (QED) is 0.731. The summed E-state index contributed by atoms with van der Waals surface area (Å²) in [5, 5.41) is 5.57. The molecule has 104 valence electrons. The lowest BCUT2D eigenvalue weighted by molar-refractivity contribution is -0.130. The second-order valence-corrected chi connectivity index (χ2v) is 5.10. The van der Waals surface area contributed by atoms with Gasteiger partial charge in [0.05, 0.1) is 0 Å². The first-order chi connectivity index (χ1) is 8.59. The molecule has 0 aliphatic carbocycles. The summed E-state index contributed by atoms with van der Waals surface area (Å²) in [6.07, 6.45) is 4.77. The Bertz CT molecular complexity index is 279. The van der Waals surface area contributed by atoms with Crippen LogP contribution in [0.25, 0.3) is 0 Å². The summed E-state index contributed by atoms with van der Waals surface area (Å²) in [5.41, 5.74) is 0. The molecule has 1 fully saturated rings. The molecule has 0 unspecified atom stereocenters. The van der Waals surface area contributed by atoms with Crippen LogP contribution >= 0.6 is 0 Å². The molecule has 0 aromatic heterocycles. The number of carbonyl (C=O) groups excluding carboxylic acids is 2. The normalized spacial score (nSPS) is 16.6. The topological polar surface area (TPSA) is 61.4 Å². The maximum absolute atomic E-state index is 11.7. The number of nitrogens with zero attached hydrogens (tertiary/aromatic N) is 1. The summed E-state index contributed by atoms with van der Waals surface area (Å²) in [7, 11) is 0. The summed E-state index contributed by atoms with van der Waals surface area (Å²) < 4.78 is 0. The maximum atomic E-state index is 11.7. The van der Waals surface area contributed by atoms with Gasteiger partial charge in [-0.3, -0.25) is 4.79 Å². The van der Waals surface area contributed by atoms with E-state index in [4.69, 9.17) is 0 Å². The van der Waals surface area contributed by atoms with Crippen LogP contribution in [-0.4, -0.2) is 42.5 Å². The van der Waals surface area contributed by atoms with Gasteiger partial charge in [0.1, 0.15) is 0 Å². The van der Waals surface area contributed by atoms with Gasteiger partial charge in [-0.1, -0.05) is 6.42 Å². The molecule has 1 heterocycles. The van der Waals surface area contributed by atoms with E-state index < -0.39 is 0 Å². The largest absolute Gasteiger partial charge is 0.343 e. The molecule has 1 saturated heterocycles. The second kappa shape index (κ2) is 7.95. The minimum Gasteiger partial charge on any atom is -0.343 e. The van der Waals surface area contributed by atoms with Gasteiger partial charge in [-0.2, -0.15) is 0 Å². The van der Waals surface area contributed by atoms with Crippen LogP contribution < -0.4 is 10.6 Å². The summed E-state index contributed by atoms with van der Waals surface area (Å²) >= 11 is 0. The molecule has 3 amide bonds. The van der Waals surface area contributed by atoms with E-state index in [9.17, 15) is 9.59 Å². The lowest BCUT2D eigenvalue weighted by Gasteiger charge is -2.20. The van der Waals surface area contributed by atoms with Gasteiger partial charge < -0.3 is 15.5 Å². The fraction of sp³-hybridized carbons (Fsp3) is 0.846. The molecule has 0 bridgehead atoms. The van der Waals surface area contributed by atoms with Gasteiger partial charge in [-0.05, 0) is 33.1 Å². The first kappa shape index (κ1) is 14.8. The first-order valence-electron chi connectivity index (χ1n) is 6.91. The smallest absolute Gasteiger partial charge is 0.314 e. The number of urea groups is 1. The minimum absolute atomic E-state index is 0.132. The highest BCUT2D eigenvalue weighted by Crippen LogP contribution is 2.10. The zero-order valence-electron chi connectivity index (χ0n) is 11.5. The molecule has 0 saturated carbocycles. The Balaban J connectivity index is 2.13. The number of carbonyl (C=O) groups is 2. The van der Waals surface area contributed by atoms with E-state index in [1.54, 1.807) is 0 Å². The second-order valence-electron chi connectivity index (χ2n) is 5.10. The van der Waals surface area contributed by atoms with E-state index in [1.165, 1.54) is 0 Å². The third-order valence-corrected chi connectivity index (χ3v) is 2.98. The van der Waals surface area contributed by atoms with Crippen LogP contribution in [0.5, 0.6) is 0 Å². The van der Waals surface area contributed by atoms with Gasteiger partial charge in [0.2, 0.25) is 5.91 Å². The van der Waals surface area contributed by atoms with Gasteiger partial charge in [0.25, 0.3) is 0 Å². The van der Waals surface area contributed by atoms with E-state index in [0.29, 0.717) is 13.0 Å². The van der Waals surface area contributed by atoms with E-state index in [-0.39, 0.29) is 18.0 Å². The van der Waals surface area contributed by atoms with Gasteiger partial charge in [0, 0.05) is 32.1 Å². The van der Waals surface area contributed by atoms with E-state index >= 15 is 0 Å². The Labute approximate surface area is 109 Å². The minimum atomic E-state index is -0.132. The highest BCUT2D eigenvalue weighted by molar-refractivity contribution is 5.76. The maximum Gasteiger partial charge on any atom is 0.314 e. The standard InChI is InChI=1S/C13H25N3O2/c1-11(2)15-13(18)14-8-6-10-16-9-5-3-4-7-12(16)17/h11H,3-10H2,1-2H3,(H2,14,15,18). The zero-order chi connectivity index (χ0) is 13.4. The molecule has 18 heavy (non-hydrogen) atoms. The molecule has 0 aromatic carbocycles. The van der Waals surface area contributed by atoms with Crippen LogP contribution in [0.2, 0.25) is 0 Å². The number of rotatable bonds is 5. The van der Waals surface area contributed by atoms with Crippen molar-refractivity contribution >= 4 is 11.9 Å². The zero-order valence-corrected chi connectivity index (χ0v) is 11.5. The van der Waals surface area contributed by atoms with Crippen LogP contribution in [0, 0.1) is 0 Å². The number of hydrogen-bond acceptors (Lipinski definition) is 2. The molecule has 0 aromatic rings. The summed E-state index contributed by atoms with van der Waals surface area (Å²) in [6.45, 7) is 6.09. The molecule has 5 nitrogen and oxygen atoms in total. The molecule has 0 radical (unpaired) electrons. The first-order valence-corrected chi connectivity index (χ1v) is 6.91. The molecular weight excluding hydrogens is 230 g/mol.